The highest BCUT2D eigenvalue weighted by Crippen LogP contribution is 2.25. The van der Waals surface area contributed by atoms with Crippen molar-refractivity contribution in [2.75, 3.05) is 22.4 Å². The molecule has 0 aliphatic heterocycles. The van der Waals surface area contributed by atoms with Crippen molar-refractivity contribution in [2.45, 2.75) is 39.5 Å². The van der Waals surface area contributed by atoms with Gasteiger partial charge in [0, 0.05) is 5.69 Å². The zero-order valence-corrected chi connectivity index (χ0v) is 17.4. The van der Waals surface area contributed by atoms with E-state index in [1.807, 2.05) is 50.2 Å². The second kappa shape index (κ2) is 8.57. The van der Waals surface area contributed by atoms with Crippen LogP contribution in [0.15, 0.2) is 48.5 Å². The van der Waals surface area contributed by atoms with Gasteiger partial charge in [-0.1, -0.05) is 58.0 Å². The van der Waals surface area contributed by atoms with Gasteiger partial charge in [0.2, 0.25) is 15.9 Å². The van der Waals surface area contributed by atoms with Crippen LogP contribution < -0.4 is 9.62 Å². The number of anilines is 2. The highest BCUT2D eigenvalue weighted by Gasteiger charge is 2.21. The second-order valence-electron chi connectivity index (χ2n) is 7.31. The predicted molar refractivity (Wildman–Crippen MR) is 112 cm³/mol. The van der Waals surface area contributed by atoms with Gasteiger partial charge >= 0.3 is 0 Å². The minimum atomic E-state index is -3.59. The number of hydrogen-bond acceptors (Lipinski definition) is 3. The smallest absolute Gasteiger partial charge is 0.245 e. The molecule has 2 aromatic carbocycles. The molecule has 0 bridgehead atoms. The van der Waals surface area contributed by atoms with Crippen LogP contribution in [0.3, 0.4) is 0 Å². The van der Waals surface area contributed by atoms with E-state index in [2.05, 4.69) is 19.2 Å². The third-order valence-corrected chi connectivity index (χ3v) is 5.53. The first-order chi connectivity index (χ1) is 12.6. The normalized spacial score (nSPS) is 11.7. The lowest BCUT2D eigenvalue weighted by molar-refractivity contribution is -0.114. The summed E-state index contributed by atoms with van der Waals surface area (Å²) >= 11 is 0. The second-order valence-corrected chi connectivity index (χ2v) is 9.21. The number of carbonyl (C=O) groups is 1. The van der Waals surface area contributed by atoms with Gasteiger partial charge in [-0.25, -0.2) is 8.42 Å². The van der Waals surface area contributed by atoms with Crippen molar-refractivity contribution in [2.24, 2.45) is 0 Å². The van der Waals surface area contributed by atoms with E-state index in [9.17, 15) is 13.2 Å². The van der Waals surface area contributed by atoms with Gasteiger partial charge in [-0.15, -0.1) is 0 Å². The Hall–Kier alpha value is -2.34. The van der Waals surface area contributed by atoms with Crippen molar-refractivity contribution in [1.29, 1.82) is 0 Å². The van der Waals surface area contributed by atoms with Crippen LogP contribution in [0, 0.1) is 0 Å². The molecule has 2 rings (SSSR count). The maximum absolute atomic E-state index is 12.6. The molecule has 0 saturated heterocycles. The van der Waals surface area contributed by atoms with Crippen molar-refractivity contribution < 1.29 is 13.2 Å². The number of benzene rings is 2. The number of carbonyl (C=O) groups excluding carboxylic acids is 1. The molecule has 6 heteroatoms. The molecule has 0 fully saturated rings. The maximum atomic E-state index is 12.6. The Bertz CT molecular complexity index is 888. The third-order valence-electron chi connectivity index (χ3n) is 4.39. The van der Waals surface area contributed by atoms with Gasteiger partial charge in [-0.3, -0.25) is 9.10 Å². The number of amides is 1. The van der Waals surface area contributed by atoms with Crippen molar-refractivity contribution in [3.8, 4) is 0 Å². The first-order valence-electron chi connectivity index (χ1n) is 9.06. The minimum Gasteiger partial charge on any atom is -0.324 e. The lowest BCUT2D eigenvalue weighted by atomic mass is 10.0. The predicted octanol–water partition coefficient (Wildman–Crippen LogP) is 4.34. The summed E-state index contributed by atoms with van der Waals surface area (Å²) in [6.07, 6.45) is 1.11. The van der Waals surface area contributed by atoms with Gasteiger partial charge in [0.05, 0.1) is 11.9 Å². The lowest BCUT2D eigenvalue weighted by Crippen LogP contribution is -2.37. The Morgan fingerprint density at radius 1 is 0.963 bits per heavy atom. The first kappa shape index (κ1) is 21.0. The summed E-state index contributed by atoms with van der Waals surface area (Å²) in [6.45, 7) is 7.96. The molecule has 0 saturated carbocycles. The van der Waals surface area contributed by atoms with Crippen molar-refractivity contribution in [1.82, 2.24) is 0 Å². The van der Waals surface area contributed by atoms with Crippen LogP contribution in [0.25, 0.3) is 0 Å². The SMILES string of the molecule is CC(C)c1ccc(N(CC(=O)Nc2ccccc2C(C)C)S(C)(=O)=O)cc1. The summed E-state index contributed by atoms with van der Waals surface area (Å²) < 4.78 is 25.6. The number of sulfonamides is 1. The van der Waals surface area contributed by atoms with Gasteiger partial charge in [0.1, 0.15) is 6.54 Å². The van der Waals surface area contributed by atoms with E-state index in [1.54, 1.807) is 12.1 Å². The fraction of sp³-hybridized carbons (Fsp3) is 0.381. The molecule has 1 amide bonds. The zero-order valence-electron chi connectivity index (χ0n) is 16.6. The van der Waals surface area contributed by atoms with Gasteiger partial charge in [-0.05, 0) is 41.2 Å². The number of rotatable bonds is 7. The monoisotopic (exact) mass is 388 g/mol. The standard InChI is InChI=1S/C21H28N2O3S/c1-15(2)17-10-12-18(13-11-17)23(27(5,25)26)14-21(24)22-20-9-7-6-8-19(20)16(3)4/h6-13,15-16H,14H2,1-5H3,(H,22,24). The Morgan fingerprint density at radius 3 is 2.07 bits per heavy atom. The van der Waals surface area contributed by atoms with Gasteiger partial charge in [-0.2, -0.15) is 0 Å². The molecule has 146 valence electrons. The molecule has 1 N–H and O–H groups in total. The van der Waals surface area contributed by atoms with E-state index in [0.29, 0.717) is 17.3 Å². The summed E-state index contributed by atoms with van der Waals surface area (Å²) in [5, 5.41) is 2.85. The summed E-state index contributed by atoms with van der Waals surface area (Å²) in [5.41, 5.74) is 3.32. The molecule has 5 nitrogen and oxygen atoms in total. The van der Waals surface area contributed by atoms with Crippen molar-refractivity contribution in [3.63, 3.8) is 0 Å². The summed E-state index contributed by atoms with van der Waals surface area (Å²) in [6, 6.07) is 14.8. The van der Waals surface area contributed by atoms with Crippen LogP contribution in [0.2, 0.25) is 0 Å². The van der Waals surface area contributed by atoms with Crippen LogP contribution in [-0.4, -0.2) is 27.1 Å². The first-order valence-corrected chi connectivity index (χ1v) is 10.9. The molecular formula is C21H28N2O3S. The average molecular weight is 389 g/mol. The Morgan fingerprint density at radius 2 is 1.56 bits per heavy atom. The minimum absolute atomic E-state index is 0.246. The Labute approximate surface area is 162 Å². The zero-order chi connectivity index (χ0) is 20.2. The van der Waals surface area contributed by atoms with E-state index in [-0.39, 0.29) is 18.4 Å². The molecule has 0 atom stereocenters. The van der Waals surface area contributed by atoms with Gasteiger partial charge < -0.3 is 5.32 Å². The molecule has 27 heavy (non-hydrogen) atoms. The number of para-hydroxylation sites is 1. The largest absolute Gasteiger partial charge is 0.324 e. The topological polar surface area (TPSA) is 66.5 Å². The Kier molecular flexibility index (Phi) is 6.65. The maximum Gasteiger partial charge on any atom is 0.245 e. The third kappa shape index (κ3) is 5.57. The van der Waals surface area contributed by atoms with E-state index in [4.69, 9.17) is 0 Å². The van der Waals surface area contributed by atoms with Gasteiger partial charge in [0.15, 0.2) is 0 Å². The van der Waals surface area contributed by atoms with Gasteiger partial charge in [0.25, 0.3) is 0 Å². The van der Waals surface area contributed by atoms with E-state index in [0.717, 1.165) is 21.7 Å². The van der Waals surface area contributed by atoms with E-state index in [1.165, 1.54) is 0 Å². The van der Waals surface area contributed by atoms with E-state index < -0.39 is 10.0 Å². The molecule has 0 aliphatic rings. The number of hydrogen-bond donors (Lipinski definition) is 1. The molecule has 0 aliphatic carbocycles. The fourth-order valence-electron chi connectivity index (χ4n) is 2.86. The summed E-state index contributed by atoms with van der Waals surface area (Å²) in [5.74, 6) is 0.221. The van der Waals surface area contributed by atoms with Crippen LogP contribution in [-0.2, 0) is 14.8 Å². The van der Waals surface area contributed by atoms with Crippen LogP contribution in [0.4, 0.5) is 11.4 Å². The highest BCUT2D eigenvalue weighted by atomic mass is 32.2. The molecular weight excluding hydrogens is 360 g/mol. The van der Waals surface area contributed by atoms with Crippen LogP contribution in [0.1, 0.15) is 50.7 Å². The number of nitrogens with zero attached hydrogens (tertiary/aromatic N) is 1. The molecule has 0 aromatic heterocycles. The fourth-order valence-corrected chi connectivity index (χ4v) is 3.72. The lowest BCUT2D eigenvalue weighted by Gasteiger charge is -2.23. The highest BCUT2D eigenvalue weighted by molar-refractivity contribution is 7.92. The van der Waals surface area contributed by atoms with Crippen LogP contribution in [0.5, 0.6) is 0 Å². The Balaban J connectivity index is 2.23. The molecule has 2 aromatic rings. The quantitative estimate of drug-likeness (QED) is 0.767. The molecule has 0 radical (unpaired) electrons. The van der Waals surface area contributed by atoms with E-state index >= 15 is 0 Å². The number of nitrogens with one attached hydrogen (secondary N) is 1. The summed E-state index contributed by atoms with van der Waals surface area (Å²) in [7, 11) is -3.59. The van der Waals surface area contributed by atoms with Crippen molar-refractivity contribution in [3.05, 3.63) is 59.7 Å². The van der Waals surface area contributed by atoms with Crippen LogP contribution >= 0.6 is 0 Å². The molecule has 0 unspecified atom stereocenters. The molecule has 0 heterocycles. The van der Waals surface area contributed by atoms with Crippen molar-refractivity contribution >= 4 is 27.3 Å². The summed E-state index contributed by atoms with van der Waals surface area (Å²) in [4.78, 5) is 12.6. The average Bonchev–Trinajstić information content (AvgIpc) is 2.59. The molecule has 0 spiro atoms.